The first kappa shape index (κ1) is 21.2. The van der Waals surface area contributed by atoms with Crippen molar-refractivity contribution in [1.29, 1.82) is 0 Å². The van der Waals surface area contributed by atoms with E-state index in [-0.39, 0.29) is 0 Å². The number of fused-ring (bicyclic) bond motifs is 1. The van der Waals surface area contributed by atoms with Crippen LogP contribution in [0.15, 0.2) is 35.5 Å². The van der Waals surface area contributed by atoms with E-state index in [0.717, 1.165) is 53.5 Å². The van der Waals surface area contributed by atoms with Crippen LogP contribution < -0.4 is 0 Å². The fourth-order valence-corrected chi connectivity index (χ4v) is 4.15. The third kappa shape index (κ3) is 5.53. The number of nitrogens with zero attached hydrogens (tertiary/aromatic N) is 4. The largest absolute Gasteiger partial charge is 0.385 e. The van der Waals surface area contributed by atoms with Crippen molar-refractivity contribution in [3.8, 4) is 11.1 Å². The molecule has 0 aliphatic heterocycles. The van der Waals surface area contributed by atoms with Gasteiger partial charge in [-0.1, -0.05) is 19.6 Å². The van der Waals surface area contributed by atoms with Gasteiger partial charge in [-0.3, -0.25) is 0 Å². The summed E-state index contributed by atoms with van der Waals surface area (Å²) in [6.45, 7) is 9.99. The molecule has 8 heteroatoms. The smallest absolute Gasteiger partial charge is 0.139 e. The molecule has 152 valence electrons. The molecule has 0 bridgehead atoms. The molecule has 0 aromatic carbocycles. The molecule has 0 N–H and O–H groups in total. The van der Waals surface area contributed by atoms with E-state index < -0.39 is 8.07 Å². The molecule has 0 radical (unpaired) electrons. The van der Waals surface area contributed by atoms with Gasteiger partial charge < -0.3 is 14.0 Å². The van der Waals surface area contributed by atoms with Gasteiger partial charge >= 0.3 is 0 Å². The third-order valence-corrected chi connectivity index (χ3v) is 6.78. The van der Waals surface area contributed by atoms with Gasteiger partial charge in [0.15, 0.2) is 0 Å². The molecule has 0 saturated heterocycles. The summed E-state index contributed by atoms with van der Waals surface area (Å²) < 4.78 is 16.0. The third-order valence-electron chi connectivity index (χ3n) is 4.65. The topological polar surface area (TPSA) is 54.1 Å². The zero-order valence-electron chi connectivity index (χ0n) is 17.1. The van der Waals surface area contributed by atoms with Gasteiger partial charge in [0.1, 0.15) is 11.3 Å². The van der Waals surface area contributed by atoms with Crippen molar-refractivity contribution < 1.29 is 9.47 Å². The average Bonchev–Trinajstić information content (AvgIpc) is 3.23. The van der Waals surface area contributed by atoms with Crippen molar-refractivity contribution in [2.24, 2.45) is 0 Å². The number of hydrogen-bond acceptors (Lipinski definition) is 4. The minimum Gasteiger partial charge on any atom is -0.385 e. The number of aryl methyl sites for hydroxylation is 1. The number of aromatic nitrogens is 4. The minimum atomic E-state index is -1.07. The highest BCUT2D eigenvalue weighted by Crippen LogP contribution is 2.31. The minimum absolute atomic E-state index is 0.488. The van der Waals surface area contributed by atoms with Gasteiger partial charge in [0, 0.05) is 63.8 Å². The van der Waals surface area contributed by atoms with Crippen molar-refractivity contribution in [1.82, 2.24) is 19.3 Å². The summed E-state index contributed by atoms with van der Waals surface area (Å²) in [5.74, 6) is 0. The Morgan fingerprint density at radius 3 is 2.71 bits per heavy atom. The van der Waals surface area contributed by atoms with Crippen LogP contribution in [0.4, 0.5) is 0 Å². The van der Waals surface area contributed by atoms with Crippen LogP contribution >= 0.6 is 15.9 Å². The van der Waals surface area contributed by atoms with E-state index in [1.165, 1.54) is 5.39 Å². The predicted octanol–water partition coefficient (Wildman–Crippen LogP) is 5.01. The van der Waals surface area contributed by atoms with Crippen LogP contribution in [0.1, 0.15) is 6.42 Å². The molecule has 0 aliphatic carbocycles. The highest BCUT2D eigenvalue weighted by molar-refractivity contribution is 9.10. The standard InChI is InChI=1S/C20H29BrN4O2Si/c1-26-7-5-6-24-14-18(17-10-20(21)22-12-19(17)24)16-11-23-25(13-16)15-27-8-9-28(2,3)4/h10-14H,5-9,15H2,1-4H3. The highest BCUT2D eigenvalue weighted by atomic mass is 79.9. The Morgan fingerprint density at radius 1 is 1.14 bits per heavy atom. The summed E-state index contributed by atoms with van der Waals surface area (Å²) >= 11 is 3.50. The molecule has 0 amide bonds. The molecule has 0 atom stereocenters. The lowest BCUT2D eigenvalue weighted by molar-refractivity contribution is 0.0786. The molecule has 6 nitrogen and oxygen atoms in total. The first-order chi connectivity index (χ1) is 13.4. The molecule has 28 heavy (non-hydrogen) atoms. The Hall–Kier alpha value is -1.48. The van der Waals surface area contributed by atoms with E-state index in [1.54, 1.807) is 7.11 Å². The number of ether oxygens (including phenoxy) is 2. The van der Waals surface area contributed by atoms with Gasteiger partial charge in [0.2, 0.25) is 0 Å². The van der Waals surface area contributed by atoms with Crippen molar-refractivity contribution in [3.63, 3.8) is 0 Å². The maximum absolute atomic E-state index is 5.82. The lowest BCUT2D eigenvalue weighted by Crippen LogP contribution is -2.22. The van der Waals surface area contributed by atoms with E-state index in [2.05, 4.69) is 68.7 Å². The number of methoxy groups -OCH3 is 1. The zero-order valence-corrected chi connectivity index (χ0v) is 19.7. The summed E-state index contributed by atoms with van der Waals surface area (Å²) in [6.07, 6.45) is 9.02. The van der Waals surface area contributed by atoms with Crippen LogP contribution in [0.25, 0.3) is 22.0 Å². The molecule has 0 unspecified atom stereocenters. The molecule has 3 aromatic rings. The molecular weight excluding hydrogens is 436 g/mol. The van der Waals surface area contributed by atoms with Crippen LogP contribution in [0, 0.1) is 0 Å². The van der Waals surface area contributed by atoms with Crippen LogP contribution in [0.5, 0.6) is 0 Å². The number of rotatable bonds is 10. The van der Waals surface area contributed by atoms with Gasteiger partial charge in [0.25, 0.3) is 0 Å². The van der Waals surface area contributed by atoms with Crippen LogP contribution in [-0.4, -0.2) is 47.7 Å². The molecular formula is C20H29BrN4O2Si. The average molecular weight is 465 g/mol. The molecule has 3 heterocycles. The highest BCUT2D eigenvalue weighted by Gasteiger charge is 2.14. The van der Waals surface area contributed by atoms with Gasteiger partial charge in [0.05, 0.1) is 17.9 Å². The van der Waals surface area contributed by atoms with Gasteiger partial charge in [-0.15, -0.1) is 0 Å². The van der Waals surface area contributed by atoms with Crippen molar-refractivity contribution in [2.75, 3.05) is 20.3 Å². The first-order valence-electron chi connectivity index (χ1n) is 9.61. The Labute approximate surface area is 176 Å². The summed E-state index contributed by atoms with van der Waals surface area (Å²) in [7, 11) is 0.667. The maximum atomic E-state index is 5.82. The normalized spacial score (nSPS) is 12.2. The van der Waals surface area contributed by atoms with Gasteiger partial charge in [-0.05, 0) is 34.5 Å². The van der Waals surface area contributed by atoms with E-state index in [0.29, 0.717) is 6.73 Å². The second-order valence-electron chi connectivity index (χ2n) is 8.22. The lowest BCUT2D eigenvalue weighted by Gasteiger charge is -2.15. The van der Waals surface area contributed by atoms with E-state index >= 15 is 0 Å². The second kappa shape index (κ2) is 9.34. The van der Waals surface area contributed by atoms with Crippen LogP contribution in [0.3, 0.4) is 0 Å². The summed E-state index contributed by atoms with van der Waals surface area (Å²) in [6, 6.07) is 3.23. The second-order valence-corrected chi connectivity index (χ2v) is 14.7. The molecule has 3 rings (SSSR count). The molecule has 0 spiro atoms. The zero-order chi connectivity index (χ0) is 20.1. The van der Waals surface area contributed by atoms with Crippen molar-refractivity contribution in [3.05, 3.63) is 35.5 Å². The van der Waals surface area contributed by atoms with Crippen molar-refractivity contribution >= 4 is 34.9 Å². The van der Waals surface area contributed by atoms with Crippen LogP contribution in [-0.2, 0) is 22.7 Å². The lowest BCUT2D eigenvalue weighted by atomic mass is 10.1. The van der Waals surface area contributed by atoms with Gasteiger partial charge in [-0.2, -0.15) is 5.10 Å². The SMILES string of the molecule is COCCCn1cc(-c2cnn(COCC[Si](C)(C)C)c2)c2cc(Br)ncc21. The summed E-state index contributed by atoms with van der Waals surface area (Å²) in [4.78, 5) is 4.41. The quantitative estimate of drug-likeness (QED) is 0.240. The maximum Gasteiger partial charge on any atom is 0.139 e. The Bertz CT molecular complexity index is 917. The first-order valence-corrected chi connectivity index (χ1v) is 14.1. The van der Waals surface area contributed by atoms with Crippen molar-refractivity contribution in [2.45, 2.75) is 45.4 Å². The van der Waals surface area contributed by atoms with E-state index in [9.17, 15) is 0 Å². The Morgan fingerprint density at radius 2 is 1.96 bits per heavy atom. The summed E-state index contributed by atoms with van der Waals surface area (Å²) in [5, 5.41) is 5.65. The Kier molecular flexibility index (Phi) is 7.08. The Balaban J connectivity index is 1.77. The number of pyridine rings is 1. The molecule has 0 aliphatic rings. The summed E-state index contributed by atoms with van der Waals surface area (Å²) in [5.41, 5.74) is 3.36. The fraction of sp³-hybridized carbons (Fsp3) is 0.500. The molecule has 0 saturated carbocycles. The monoisotopic (exact) mass is 464 g/mol. The fourth-order valence-electron chi connectivity index (χ4n) is 3.07. The van der Waals surface area contributed by atoms with Gasteiger partial charge in [-0.25, -0.2) is 9.67 Å². The number of halogens is 1. The molecule has 3 aromatic heterocycles. The number of hydrogen-bond donors (Lipinski definition) is 0. The van der Waals surface area contributed by atoms with E-state index in [1.807, 2.05) is 17.1 Å². The molecule has 0 fully saturated rings. The van der Waals surface area contributed by atoms with E-state index in [4.69, 9.17) is 9.47 Å². The van der Waals surface area contributed by atoms with Crippen LogP contribution in [0.2, 0.25) is 25.7 Å². The predicted molar refractivity (Wildman–Crippen MR) is 119 cm³/mol.